The highest BCUT2D eigenvalue weighted by molar-refractivity contribution is 6.34. The van der Waals surface area contributed by atoms with Gasteiger partial charge in [0.1, 0.15) is 5.69 Å². The molecule has 0 spiro atoms. The standard InChI is InChI=1S/C23H25ClN4O2/c1-15-11-16(2)22(18(24)12-15)26-21(29)14-27-7-9-28(10-8-27)23(30)20-13-17-5-3-4-6-19(17)25-20/h3-6,11-13,25H,7-10,14H2,1-2H3,(H,26,29). The van der Waals surface area contributed by atoms with E-state index >= 15 is 0 Å². The number of H-pyrrole nitrogens is 1. The first-order chi connectivity index (χ1) is 14.4. The molecule has 7 heteroatoms. The van der Waals surface area contributed by atoms with Crippen LogP contribution in [-0.2, 0) is 4.79 Å². The molecule has 2 N–H and O–H groups in total. The molecule has 1 aliphatic rings. The van der Waals surface area contributed by atoms with Gasteiger partial charge in [0, 0.05) is 37.1 Å². The molecule has 2 amide bonds. The van der Waals surface area contributed by atoms with Crippen LogP contribution in [-0.4, -0.2) is 59.3 Å². The van der Waals surface area contributed by atoms with Crippen molar-refractivity contribution >= 4 is 40.0 Å². The van der Waals surface area contributed by atoms with Gasteiger partial charge in [-0.1, -0.05) is 35.9 Å². The molecule has 1 aromatic heterocycles. The quantitative estimate of drug-likeness (QED) is 0.668. The minimum Gasteiger partial charge on any atom is -0.351 e. The van der Waals surface area contributed by atoms with Crippen molar-refractivity contribution in [3.63, 3.8) is 0 Å². The fraction of sp³-hybridized carbons (Fsp3) is 0.304. The molecule has 6 nitrogen and oxygen atoms in total. The molecular weight excluding hydrogens is 400 g/mol. The van der Waals surface area contributed by atoms with E-state index in [1.54, 1.807) is 0 Å². The molecule has 30 heavy (non-hydrogen) atoms. The SMILES string of the molecule is Cc1cc(C)c(NC(=O)CN2CCN(C(=O)c3cc4ccccc4[nH]3)CC2)c(Cl)c1. The largest absolute Gasteiger partial charge is 0.351 e. The van der Waals surface area contributed by atoms with Gasteiger partial charge >= 0.3 is 0 Å². The number of fused-ring (bicyclic) bond motifs is 1. The molecule has 0 saturated carbocycles. The topological polar surface area (TPSA) is 68.4 Å². The molecule has 2 aromatic carbocycles. The average Bonchev–Trinajstić information content (AvgIpc) is 3.15. The summed E-state index contributed by atoms with van der Waals surface area (Å²) in [7, 11) is 0. The van der Waals surface area contributed by atoms with Crippen molar-refractivity contribution in [2.75, 3.05) is 38.0 Å². The lowest BCUT2D eigenvalue weighted by Crippen LogP contribution is -2.50. The summed E-state index contributed by atoms with van der Waals surface area (Å²) >= 11 is 6.29. The second-order valence-corrected chi connectivity index (χ2v) is 8.23. The van der Waals surface area contributed by atoms with E-state index in [0.29, 0.717) is 42.6 Å². The Morgan fingerprint density at radius 1 is 1.07 bits per heavy atom. The summed E-state index contributed by atoms with van der Waals surface area (Å²) in [6.07, 6.45) is 0. The van der Waals surface area contributed by atoms with Gasteiger partial charge in [-0.15, -0.1) is 0 Å². The minimum atomic E-state index is -0.0979. The number of para-hydroxylation sites is 1. The van der Waals surface area contributed by atoms with E-state index in [1.807, 2.05) is 61.2 Å². The molecule has 0 bridgehead atoms. The molecule has 3 aromatic rings. The Balaban J connectivity index is 1.32. The van der Waals surface area contributed by atoms with E-state index in [-0.39, 0.29) is 18.4 Å². The number of anilines is 1. The Kier molecular flexibility index (Phi) is 5.79. The third-order valence-electron chi connectivity index (χ3n) is 5.48. The van der Waals surface area contributed by atoms with Gasteiger partial charge < -0.3 is 15.2 Å². The summed E-state index contributed by atoms with van der Waals surface area (Å²) < 4.78 is 0. The summed E-state index contributed by atoms with van der Waals surface area (Å²) in [5.41, 5.74) is 4.24. The zero-order chi connectivity index (χ0) is 21.3. The van der Waals surface area contributed by atoms with Crippen LogP contribution in [0.4, 0.5) is 5.69 Å². The van der Waals surface area contributed by atoms with Gasteiger partial charge in [-0.25, -0.2) is 0 Å². The van der Waals surface area contributed by atoms with Crippen LogP contribution in [0.3, 0.4) is 0 Å². The fourth-order valence-corrected chi connectivity index (χ4v) is 4.29. The number of piperazine rings is 1. The normalized spacial score (nSPS) is 14.8. The van der Waals surface area contributed by atoms with Crippen LogP contribution in [0.5, 0.6) is 0 Å². The number of aryl methyl sites for hydroxylation is 2. The third-order valence-corrected chi connectivity index (χ3v) is 5.78. The first-order valence-electron chi connectivity index (χ1n) is 10.1. The number of hydrogen-bond acceptors (Lipinski definition) is 3. The van der Waals surface area contributed by atoms with Crippen LogP contribution in [0, 0.1) is 13.8 Å². The van der Waals surface area contributed by atoms with Crippen LogP contribution < -0.4 is 5.32 Å². The van der Waals surface area contributed by atoms with Gasteiger partial charge in [-0.2, -0.15) is 0 Å². The molecule has 4 rings (SSSR count). The van der Waals surface area contributed by atoms with Gasteiger partial charge in [0.05, 0.1) is 17.3 Å². The zero-order valence-corrected chi connectivity index (χ0v) is 17.9. The predicted octanol–water partition coefficient (Wildman–Crippen LogP) is 3.83. The van der Waals surface area contributed by atoms with E-state index < -0.39 is 0 Å². The summed E-state index contributed by atoms with van der Waals surface area (Å²) in [6.45, 7) is 6.67. The highest BCUT2D eigenvalue weighted by atomic mass is 35.5. The first-order valence-corrected chi connectivity index (χ1v) is 10.4. The van der Waals surface area contributed by atoms with Gasteiger partial charge in [-0.3, -0.25) is 14.5 Å². The average molecular weight is 425 g/mol. The van der Waals surface area contributed by atoms with Gasteiger partial charge in [0.15, 0.2) is 0 Å². The Morgan fingerprint density at radius 2 is 1.80 bits per heavy atom. The molecule has 1 aliphatic heterocycles. The van der Waals surface area contributed by atoms with E-state index in [4.69, 9.17) is 11.6 Å². The van der Waals surface area contributed by atoms with Crippen molar-refractivity contribution in [1.29, 1.82) is 0 Å². The highest BCUT2D eigenvalue weighted by Gasteiger charge is 2.24. The monoisotopic (exact) mass is 424 g/mol. The van der Waals surface area contributed by atoms with Crippen molar-refractivity contribution in [3.05, 3.63) is 64.3 Å². The number of aromatic nitrogens is 1. The molecule has 156 valence electrons. The Labute approximate surface area is 180 Å². The molecule has 0 atom stereocenters. The van der Waals surface area contributed by atoms with Crippen LogP contribution in [0.15, 0.2) is 42.5 Å². The number of aromatic amines is 1. The number of amides is 2. The lowest BCUT2D eigenvalue weighted by atomic mass is 10.1. The van der Waals surface area contributed by atoms with E-state index in [0.717, 1.165) is 22.0 Å². The third kappa shape index (κ3) is 4.35. The summed E-state index contributed by atoms with van der Waals surface area (Å²) in [4.78, 5) is 32.4. The molecular formula is C23H25ClN4O2. The van der Waals surface area contributed by atoms with Gasteiger partial charge in [0.2, 0.25) is 5.91 Å². The smallest absolute Gasteiger partial charge is 0.270 e. The number of benzene rings is 2. The van der Waals surface area contributed by atoms with Crippen LogP contribution >= 0.6 is 11.6 Å². The van der Waals surface area contributed by atoms with E-state index in [2.05, 4.69) is 15.2 Å². The molecule has 2 heterocycles. The highest BCUT2D eigenvalue weighted by Crippen LogP contribution is 2.27. The molecule has 0 aliphatic carbocycles. The number of hydrogen-bond donors (Lipinski definition) is 2. The molecule has 1 saturated heterocycles. The van der Waals surface area contributed by atoms with Crippen molar-refractivity contribution < 1.29 is 9.59 Å². The Bertz CT molecular complexity index is 1040. The maximum Gasteiger partial charge on any atom is 0.270 e. The first kappa shape index (κ1) is 20.4. The van der Waals surface area contributed by atoms with E-state index in [1.165, 1.54) is 0 Å². The number of rotatable bonds is 4. The van der Waals surface area contributed by atoms with Crippen LogP contribution in [0.25, 0.3) is 10.9 Å². The lowest BCUT2D eigenvalue weighted by molar-refractivity contribution is -0.117. The number of nitrogens with zero attached hydrogens (tertiary/aromatic N) is 2. The number of halogens is 1. The Hall–Kier alpha value is -2.83. The van der Waals surface area contributed by atoms with Gasteiger partial charge in [0.25, 0.3) is 5.91 Å². The second-order valence-electron chi connectivity index (χ2n) is 7.83. The number of carbonyl (C=O) groups is 2. The number of carbonyl (C=O) groups excluding carboxylic acids is 2. The van der Waals surface area contributed by atoms with Crippen LogP contribution in [0.1, 0.15) is 21.6 Å². The minimum absolute atomic E-state index is 0.00244. The lowest BCUT2D eigenvalue weighted by Gasteiger charge is -2.34. The van der Waals surface area contributed by atoms with Crippen molar-refractivity contribution in [2.45, 2.75) is 13.8 Å². The van der Waals surface area contributed by atoms with Crippen molar-refractivity contribution in [2.24, 2.45) is 0 Å². The second kappa shape index (κ2) is 8.50. The van der Waals surface area contributed by atoms with Crippen molar-refractivity contribution in [3.8, 4) is 0 Å². The van der Waals surface area contributed by atoms with Gasteiger partial charge in [-0.05, 0) is 43.2 Å². The van der Waals surface area contributed by atoms with E-state index in [9.17, 15) is 9.59 Å². The number of nitrogens with one attached hydrogen (secondary N) is 2. The van der Waals surface area contributed by atoms with Crippen LogP contribution in [0.2, 0.25) is 5.02 Å². The summed E-state index contributed by atoms with van der Waals surface area (Å²) in [6, 6.07) is 13.6. The summed E-state index contributed by atoms with van der Waals surface area (Å²) in [5, 5.41) is 4.51. The molecule has 0 unspecified atom stereocenters. The maximum absolute atomic E-state index is 12.8. The predicted molar refractivity (Wildman–Crippen MR) is 120 cm³/mol. The maximum atomic E-state index is 12.8. The molecule has 1 fully saturated rings. The fourth-order valence-electron chi connectivity index (χ4n) is 3.92. The Morgan fingerprint density at radius 3 is 2.50 bits per heavy atom. The molecule has 0 radical (unpaired) electrons. The summed E-state index contributed by atoms with van der Waals surface area (Å²) in [5.74, 6) is -0.100. The van der Waals surface area contributed by atoms with Crippen molar-refractivity contribution in [1.82, 2.24) is 14.8 Å². The zero-order valence-electron chi connectivity index (χ0n) is 17.2.